The molecule has 4 N–H and O–H groups in total. The largest absolute Gasteiger partial charge is 0.370 e. The van der Waals surface area contributed by atoms with Gasteiger partial charge in [0.15, 0.2) is 0 Å². The molecule has 2 amide bonds. The highest BCUT2D eigenvalue weighted by molar-refractivity contribution is 5.73. The third kappa shape index (κ3) is 51.3. The first-order valence-corrected chi connectivity index (χ1v) is 21.4. The Hall–Kier alpha value is -1.58. The van der Waals surface area contributed by atoms with Crippen molar-refractivity contribution in [3.05, 3.63) is 24.3 Å². The molecule has 0 radical (unpaired) electrons. The lowest BCUT2D eigenvalue weighted by molar-refractivity contribution is -0.119. The van der Waals surface area contributed by atoms with Crippen LogP contribution in [0.2, 0.25) is 0 Å². The van der Waals surface area contributed by atoms with Gasteiger partial charge in [-0.15, -0.1) is 0 Å². The molecule has 0 aliphatic rings. The summed E-state index contributed by atoms with van der Waals surface area (Å²) in [6, 6.07) is 0. The summed E-state index contributed by atoms with van der Waals surface area (Å²) in [5, 5.41) is 0. The quantitative estimate of drug-likeness (QED) is 0.0504. The second kappa shape index (κ2) is 45.4. The summed E-state index contributed by atoms with van der Waals surface area (Å²) in [6.07, 6.45) is 55.6. The van der Waals surface area contributed by atoms with Crippen LogP contribution in [0.25, 0.3) is 0 Å². The van der Waals surface area contributed by atoms with Gasteiger partial charge in [0.2, 0.25) is 11.8 Å². The van der Waals surface area contributed by atoms with Crippen molar-refractivity contribution in [1.82, 2.24) is 0 Å². The van der Waals surface area contributed by atoms with E-state index in [1.165, 1.54) is 193 Å². The van der Waals surface area contributed by atoms with Gasteiger partial charge in [-0.05, 0) is 64.2 Å². The van der Waals surface area contributed by atoms with Crippen LogP contribution in [0.15, 0.2) is 24.3 Å². The molecule has 0 saturated carbocycles. The molecule has 0 spiro atoms. The summed E-state index contributed by atoms with van der Waals surface area (Å²) < 4.78 is 0. The number of primary amides is 2. The minimum atomic E-state index is -0.156. The van der Waals surface area contributed by atoms with E-state index in [0.29, 0.717) is 12.8 Å². The van der Waals surface area contributed by atoms with Crippen LogP contribution in [0.1, 0.15) is 245 Å². The molecule has 0 rings (SSSR count). The van der Waals surface area contributed by atoms with E-state index >= 15 is 0 Å². The fraction of sp³-hybridized carbons (Fsp3) is 0.864. The highest BCUT2D eigenvalue weighted by Crippen LogP contribution is 2.14. The van der Waals surface area contributed by atoms with Crippen LogP contribution in [-0.2, 0) is 9.59 Å². The predicted octanol–water partition coefficient (Wildman–Crippen LogP) is 14.1. The standard InChI is InChI=1S/2C22H43NO/c2*1-2-3-4-5-6-7-8-9-10-11-12-13-14-15-16-17-18-19-20-21-22(23)24/h2*9-10H,2-8,11-21H2,1H3,(H2,23,24)/b2*10-9-. The van der Waals surface area contributed by atoms with E-state index in [-0.39, 0.29) is 11.8 Å². The Morgan fingerprint density at radius 2 is 0.500 bits per heavy atom. The van der Waals surface area contributed by atoms with Crippen molar-refractivity contribution in [3.8, 4) is 0 Å². The van der Waals surface area contributed by atoms with Gasteiger partial charge in [0, 0.05) is 12.8 Å². The van der Waals surface area contributed by atoms with Crippen LogP contribution in [0.4, 0.5) is 0 Å². The molecule has 0 aliphatic heterocycles. The van der Waals surface area contributed by atoms with Gasteiger partial charge in [-0.25, -0.2) is 0 Å². The molecule has 0 aromatic carbocycles. The molecule has 0 atom stereocenters. The topological polar surface area (TPSA) is 86.2 Å². The molecule has 0 heterocycles. The highest BCUT2D eigenvalue weighted by atomic mass is 16.1. The van der Waals surface area contributed by atoms with E-state index in [1.807, 2.05) is 0 Å². The van der Waals surface area contributed by atoms with Crippen molar-refractivity contribution in [2.75, 3.05) is 0 Å². The number of allylic oxidation sites excluding steroid dienone is 4. The Balaban J connectivity index is 0. The lowest BCUT2D eigenvalue weighted by Gasteiger charge is -2.01. The number of unbranched alkanes of at least 4 members (excludes halogenated alkanes) is 30. The van der Waals surface area contributed by atoms with Gasteiger partial charge in [0.25, 0.3) is 0 Å². The Kier molecular flexibility index (Phi) is 45.9. The van der Waals surface area contributed by atoms with Crippen molar-refractivity contribution >= 4 is 11.8 Å². The number of hydrogen-bond acceptors (Lipinski definition) is 2. The van der Waals surface area contributed by atoms with Gasteiger partial charge < -0.3 is 11.5 Å². The van der Waals surface area contributed by atoms with Crippen molar-refractivity contribution in [2.45, 2.75) is 245 Å². The van der Waals surface area contributed by atoms with E-state index in [0.717, 1.165) is 25.7 Å². The molecular weight excluding hydrogens is 588 g/mol. The zero-order valence-corrected chi connectivity index (χ0v) is 32.7. The first-order chi connectivity index (χ1) is 23.5. The molecular formula is C44H86N2O2. The van der Waals surface area contributed by atoms with Gasteiger partial charge in [-0.3, -0.25) is 9.59 Å². The maximum Gasteiger partial charge on any atom is 0.217 e. The number of carbonyl (C=O) groups is 2. The Morgan fingerprint density at radius 3 is 0.708 bits per heavy atom. The maximum atomic E-state index is 10.6. The summed E-state index contributed by atoms with van der Waals surface area (Å²) in [7, 11) is 0. The van der Waals surface area contributed by atoms with Crippen LogP contribution in [0.5, 0.6) is 0 Å². The number of rotatable bonds is 38. The third-order valence-electron chi connectivity index (χ3n) is 9.37. The monoisotopic (exact) mass is 675 g/mol. The minimum Gasteiger partial charge on any atom is -0.370 e. The normalized spacial score (nSPS) is 11.4. The van der Waals surface area contributed by atoms with Gasteiger partial charge in [0.05, 0.1) is 0 Å². The fourth-order valence-electron chi connectivity index (χ4n) is 6.15. The number of nitrogens with two attached hydrogens (primary N) is 2. The Bertz CT molecular complexity index is 629. The number of hydrogen-bond donors (Lipinski definition) is 2. The Morgan fingerprint density at radius 1 is 0.312 bits per heavy atom. The van der Waals surface area contributed by atoms with Crippen LogP contribution in [0.3, 0.4) is 0 Å². The van der Waals surface area contributed by atoms with Crippen LogP contribution in [0, 0.1) is 0 Å². The summed E-state index contributed by atoms with van der Waals surface area (Å²) in [4.78, 5) is 21.2. The summed E-state index contributed by atoms with van der Waals surface area (Å²) in [6.45, 7) is 4.55. The molecule has 4 nitrogen and oxygen atoms in total. The van der Waals surface area contributed by atoms with Crippen molar-refractivity contribution in [2.24, 2.45) is 11.5 Å². The average Bonchev–Trinajstić information content (AvgIpc) is 3.07. The lowest BCUT2D eigenvalue weighted by Crippen LogP contribution is -2.09. The third-order valence-corrected chi connectivity index (χ3v) is 9.37. The Labute approximate surface area is 301 Å². The first-order valence-electron chi connectivity index (χ1n) is 21.4. The molecule has 0 aromatic rings. The van der Waals surface area contributed by atoms with Gasteiger partial charge in [0.1, 0.15) is 0 Å². The van der Waals surface area contributed by atoms with Gasteiger partial charge in [-0.1, -0.05) is 192 Å². The average molecular weight is 675 g/mol. The van der Waals surface area contributed by atoms with Crippen molar-refractivity contribution < 1.29 is 9.59 Å². The first kappa shape index (κ1) is 48.5. The van der Waals surface area contributed by atoms with Crippen LogP contribution >= 0.6 is 0 Å². The van der Waals surface area contributed by atoms with Gasteiger partial charge in [-0.2, -0.15) is 0 Å². The van der Waals surface area contributed by atoms with E-state index in [4.69, 9.17) is 11.5 Å². The fourth-order valence-corrected chi connectivity index (χ4v) is 6.15. The SMILES string of the molecule is CCCCCCCC/C=C\CCCCCCCCCCCC(N)=O.CCCCCCCC/C=C\CCCCCCCCCCCC(N)=O. The molecule has 48 heavy (non-hydrogen) atoms. The molecule has 0 bridgehead atoms. The molecule has 0 aliphatic carbocycles. The summed E-state index contributed by atoms with van der Waals surface area (Å²) in [5.41, 5.74) is 10.3. The molecule has 0 aromatic heterocycles. The van der Waals surface area contributed by atoms with Crippen LogP contribution in [-0.4, -0.2) is 11.8 Å². The number of carbonyl (C=O) groups excluding carboxylic acids is 2. The van der Waals surface area contributed by atoms with E-state index < -0.39 is 0 Å². The molecule has 284 valence electrons. The van der Waals surface area contributed by atoms with E-state index in [1.54, 1.807) is 0 Å². The second-order valence-electron chi connectivity index (χ2n) is 14.4. The summed E-state index contributed by atoms with van der Waals surface area (Å²) >= 11 is 0. The highest BCUT2D eigenvalue weighted by Gasteiger charge is 1.97. The number of amides is 2. The lowest BCUT2D eigenvalue weighted by atomic mass is 10.1. The summed E-state index contributed by atoms with van der Waals surface area (Å²) in [5.74, 6) is -0.313. The van der Waals surface area contributed by atoms with E-state index in [2.05, 4.69) is 38.2 Å². The zero-order chi connectivity index (χ0) is 35.4. The minimum absolute atomic E-state index is 0.156. The van der Waals surface area contributed by atoms with Gasteiger partial charge >= 0.3 is 0 Å². The van der Waals surface area contributed by atoms with E-state index in [9.17, 15) is 9.59 Å². The smallest absolute Gasteiger partial charge is 0.217 e. The molecule has 0 fully saturated rings. The van der Waals surface area contributed by atoms with Crippen molar-refractivity contribution in [1.29, 1.82) is 0 Å². The molecule has 0 saturated heterocycles. The predicted molar refractivity (Wildman–Crippen MR) is 214 cm³/mol. The molecule has 4 heteroatoms. The maximum absolute atomic E-state index is 10.6. The second-order valence-corrected chi connectivity index (χ2v) is 14.4. The zero-order valence-electron chi connectivity index (χ0n) is 32.7. The van der Waals surface area contributed by atoms with Crippen LogP contribution < -0.4 is 11.5 Å². The van der Waals surface area contributed by atoms with Crippen molar-refractivity contribution in [3.63, 3.8) is 0 Å². The molecule has 0 unspecified atom stereocenters.